The van der Waals surface area contributed by atoms with Gasteiger partial charge in [-0.25, -0.2) is 19.6 Å². The Morgan fingerprint density at radius 1 is 1.03 bits per heavy atom. The Labute approximate surface area is 178 Å². The van der Waals surface area contributed by atoms with Crippen molar-refractivity contribution in [2.75, 3.05) is 23.3 Å². The van der Waals surface area contributed by atoms with Crippen LogP contribution in [0.5, 0.6) is 0 Å². The molecule has 156 valence electrons. The topological polar surface area (TPSA) is 118 Å². The van der Waals surface area contributed by atoms with Crippen molar-refractivity contribution < 1.29 is 4.79 Å². The zero-order valence-electron chi connectivity index (χ0n) is 16.7. The monoisotopic (exact) mass is 415 g/mol. The highest BCUT2D eigenvalue weighted by atomic mass is 16.1. The van der Waals surface area contributed by atoms with Crippen LogP contribution >= 0.6 is 0 Å². The second-order valence-corrected chi connectivity index (χ2v) is 7.37. The Hall–Kier alpha value is -4.08. The summed E-state index contributed by atoms with van der Waals surface area (Å²) in [5, 5.41) is 14.0. The molecule has 31 heavy (non-hydrogen) atoms. The number of anilines is 2. The van der Waals surface area contributed by atoms with E-state index in [9.17, 15) is 4.79 Å². The third kappa shape index (κ3) is 4.13. The Balaban J connectivity index is 1.18. The van der Waals surface area contributed by atoms with E-state index < -0.39 is 0 Å². The van der Waals surface area contributed by atoms with Crippen LogP contribution in [-0.4, -0.2) is 53.9 Å². The Bertz CT molecular complexity index is 1130. The van der Waals surface area contributed by atoms with Crippen molar-refractivity contribution >= 4 is 17.4 Å². The molecule has 2 N–H and O–H groups in total. The summed E-state index contributed by atoms with van der Waals surface area (Å²) < 4.78 is 1.60. The molecule has 0 unspecified atom stereocenters. The van der Waals surface area contributed by atoms with Crippen LogP contribution in [0.2, 0.25) is 0 Å². The van der Waals surface area contributed by atoms with Crippen LogP contribution in [0, 0.1) is 5.92 Å². The van der Waals surface area contributed by atoms with Crippen molar-refractivity contribution in [3.63, 3.8) is 0 Å². The Morgan fingerprint density at radius 2 is 1.84 bits per heavy atom. The molecule has 1 aliphatic rings. The maximum Gasteiger partial charge on any atom is 0.227 e. The first-order valence-corrected chi connectivity index (χ1v) is 10.1. The molecular weight excluding hydrogens is 394 g/mol. The van der Waals surface area contributed by atoms with Gasteiger partial charge in [0.25, 0.3) is 0 Å². The van der Waals surface area contributed by atoms with Crippen LogP contribution in [0.1, 0.15) is 12.8 Å². The van der Waals surface area contributed by atoms with Gasteiger partial charge >= 0.3 is 0 Å². The normalized spacial score (nSPS) is 14.5. The summed E-state index contributed by atoms with van der Waals surface area (Å²) in [5.41, 5.74) is 2.77. The van der Waals surface area contributed by atoms with Gasteiger partial charge in [-0.15, -0.1) is 0 Å². The largest absolute Gasteiger partial charge is 0.356 e. The average molecular weight is 415 g/mol. The van der Waals surface area contributed by atoms with Crippen LogP contribution in [0.4, 0.5) is 11.5 Å². The quantitative estimate of drug-likeness (QED) is 0.513. The second-order valence-electron chi connectivity index (χ2n) is 7.37. The van der Waals surface area contributed by atoms with Gasteiger partial charge in [0.15, 0.2) is 5.82 Å². The fourth-order valence-electron chi connectivity index (χ4n) is 3.73. The van der Waals surface area contributed by atoms with Crippen LogP contribution < -0.4 is 10.2 Å². The summed E-state index contributed by atoms with van der Waals surface area (Å²) in [6.45, 7) is 1.51. The number of hydrogen-bond donors (Lipinski definition) is 2. The van der Waals surface area contributed by atoms with E-state index in [1.54, 1.807) is 17.2 Å². The second kappa shape index (κ2) is 8.34. The lowest BCUT2D eigenvalue weighted by molar-refractivity contribution is -0.120. The molecule has 0 radical (unpaired) electrons. The van der Waals surface area contributed by atoms with E-state index in [1.807, 2.05) is 36.4 Å². The number of amides is 1. The Kier molecular flexibility index (Phi) is 5.09. The van der Waals surface area contributed by atoms with Crippen LogP contribution in [0.25, 0.3) is 17.1 Å². The lowest BCUT2D eigenvalue weighted by Gasteiger charge is -2.32. The van der Waals surface area contributed by atoms with Crippen LogP contribution in [0.15, 0.2) is 61.6 Å². The average Bonchev–Trinajstić information content (AvgIpc) is 3.54. The molecule has 4 aromatic rings. The number of nitrogens with zero attached hydrogens (tertiary/aromatic N) is 7. The van der Waals surface area contributed by atoms with E-state index in [-0.39, 0.29) is 11.8 Å². The molecule has 1 aliphatic heterocycles. The summed E-state index contributed by atoms with van der Waals surface area (Å²) in [7, 11) is 0. The van der Waals surface area contributed by atoms with Gasteiger partial charge in [0, 0.05) is 37.0 Å². The molecule has 10 heteroatoms. The number of rotatable bonds is 5. The highest BCUT2D eigenvalue weighted by molar-refractivity contribution is 5.93. The number of nitrogens with one attached hydrogen (secondary N) is 2. The maximum atomic E-state index is 12.7. The molecule has 5 rings (SSSR count). The van der Waals surface area contributed by atoms with Crippen molar-refractivity contribution in [2.24, 2.45) is 5.92 Å². The zero-order chi connectivity index (χ0) is 21.0. The molecule has 4 heterocycles. The van der Waals surface area contributed by atoms with Gasteiger partial charge in [0.05, 0.1) is 5.69 Å². The minimum Gasteiger partial charge on any atom is -0.356 e. The number of benzene rings is 1. The van der Waals surface area contributed by atoms with Crippen LogP contribution in [-0.2, 0) is 4.79 Å². The molecule has 1 aromatic carbocycles. The molecule has 10 nitrogen and oxygen atoms in total. The van der Waals surface area contributed by atoms with E-state index in [0.29, 0.717) is 5.82 Å². The molecule has 1 saturated heterocycles. The van der Waals surface area contributed by atoms with Gasteiger partial charge in [-0.1, -0.05) is 12.1 Å². The third-order valence-electron chi connectivity index (χ3n) is 5.45. The predicted octanol–water partition coefficient (Wildman–Crippen LogP) is 2.30. The summed E-state index contributed by atoms with van der Waals surface area (Å²) in [6, 6.07) is 11.6. The smallest absolute Gasteiger partial charge is 0.227 e. The predicted molar refractivity (Wildman–Crippen MR) is 115 cm³/mol. The van der Waals surface area contributed by atoms with E-state index in [4.69, 9.17) is 0 Å². The Morgan fingerprint density at radius 3 is 2.55 bits per heavy atom. The van der Waals surface area contributed by atoms with Gasteiger partial charge in [-0.2, -0.15) is 10.2 Å². The summed E-state index contributed by atoms with van der Waals surface area (Å²) in [4.78, 5) is 27.5. The molecule has 1 amide bonds. The fourth-order valence-corrected chi connectivity index (χ4v) is 3.73. The van der Waals surface area contributed by atoms with Gasteiger partial charge in [0.2, 0.25) is 5.91 Å². The van der Waals surface area contributed by atoms with Crippen LogP contribution in [0.3, 0.4) is 0 Å². The highest BCUT2D eigenvalue weighted by Gasteiger charge is 2.26. The van der Waals surface area contributed by atoms with E-state index in [0.717, 1.165) is 48.7 Å². The van der Waals surface area contributed by atoms with Gasteiger partial charge in [-0.05, 0) is 36.6 Å². The van der Waals surface area contributed by atoms with Crippen molar-refractivity contribution in [2.45, 2.75) is 12.8 Å². The zero-order valence-corrected chi connectivity index (χ0v) is 16.7. The van der Waals surface area contributed by atoms with E-state index in [1.165, 1.54) is 12.7 Å². The van der Waals surface area contributed by atoms with Crippen molar-refractivity contribution in [1.82, 2.24) is 34.9 Å². The van der Waals surface area contributed by atoms with E-state index >= 15 is 0 Å². The van der Waals surface area contributed by atoms with Gasteiger partial charge < -0.3 is 10.2 Å². The molecule has 3 aromatic heterocycles. The van der Waals surface area contributed by atoms with Gasteiger partial charge in [-0.3, -0.25) is 9.89 Å². The fraction of sp³-hybridized carbons (Fsp3) is 0.238. The number of aromatic nitrogens is 7. The SMILES string of the molecule is O=C(Nc1ccc(-c2ccn[nH]2)cc1)C1CCN(c2cc(-n3cncn3)ncn2)CC1. The highest BCUT2D eigenvalue weighted by Crippen LogP contribution is 2.24. The first-order valence-electron chi connectivity index (χ1n) is 10.1. The standard InChI is InChI=1S/C21H21N9O/c31-21(27-17-3-1-15(2-4-17)18-5-8-25-28-18)16-6-9-29(10-7-16)19-11-20(24-13-23-19)30-14-22-12-26-30/h1-5,8,11-14,16H,6-7,9-10H2,(H,25,28)(H,27,31). The maximum absolute atomic E-state index is 12.7. The number of H-pyrrole nitrogens is 1. The summed E-state index contributed by atoms with van der Waals surface area (Å²) in [6.07, 6.45) is 7.84. The van der Waals surface area contributed by atoms with Crippen molar-refractivity contribution in [3.05, 3.63) is 61.6 Å². The number of carbonyl (C=O) groups excluding carboxylic acids is 1. The summed E-state index contributed by atoms with van der Waals surface area (Å²) in [5.74, 6) is 1.52. The minimum atomic E-state index is -0.0276. The molecule has 0 spiro atoms. The lowest BCUT2D eigenvalue weighted by Crippen LogP contribution is -2.38. The molecule has 0 aliphatic carbocycles. The van der Waals surface area contributed by atoms with Crippen molar-refractivity contribution in [3.8, 4) is 17.1 Å². The molecule has 0 saturated carbocycles. The number of carbonyl (C=O) groups is 1. The minimum absolute atomic E-state index is 0.0276. The molecule has 0 atom stereocenters. The summed E-state index contributed by atoms with van der Waals surface area (Å²) >= 11 is 0. The molecule has 0 bridgehead atoms. The number of aromatic amines is 1. The van der Waals surface area contributed by atoms with Gasteiger partial charge in [0.1, 0.15) is 24.8 Å². The van der Waals surface area contributed by atoms with E-state index in [2.05, 4.69) is 40.5 Å². The number of piperidine rings is 1. The lowest BCUT2D eigenvalue weighted by atomic mass is 9.95. The first kappa shape index (κ1) is 18.9. The first-order chi connectivity index (χ1) is 15.3. The third-order valence-corrected chi connectivity index (χ3v) is 5.45. The molecular formula is C21H21N9O. The van der Waals surface area contributed by atoms with Crippen molar-refractivity contribution in [1.29, 1.82) is 0 Å². The molecule has 1 fully saturated rings. The number of hydrogen-bond acceptors (Lipinski definition) is 7.